The van der Waals surface area contributed by atoms with Gasteiger partial charge in [0.25, 0.3) is 0 Å². The Morgan fingerprint density at radius 3 is 2.33 bits per heavy atom. The fraction of sp³-hybridized carbons (Fsp3) is 0.750. The normalized spacial score (nSPS) is 9.22. The summed E-state index contributed by atoms with van der Waals surface area (Å²) in [4.78, 5) is 0. The van der Waals surface area contributed by atoms with Crippen molar-refractivity contribution in [2.24, 2.45) is 0 Å². The van der Waals surface area contributed by atoms with Gasteiger partial charge in [-0.1, -0.05) is 0 Å². The molecule has 0 aliphatic heterocycles. The summed E-state index contributed by atoms with van der Waals surface area (Å²) in [6.07, 6.45) is 8.84. The van der Waals surface area contributed by atoms with Crippen LogP contribution in [0.2, 0.25) is 4.13 Å². The molecule has 0 amide bonds. The molecule has 0 aromatic heterocycles. The fourth-order valence-corrected chi connectivity index (χ4v) is 1.38. The molecule has 0 aromatic rings. The van der Waals surface area contributed by atoms with Gasteiger partial charge < -0.3 is 0 Å². The SMILES string of the molecule is C=CCCCCC[CH2][Zr]. The van der Waals surface area contributed by atoms with Crippen molar-refractivity contribution in [3.8, 4) is 0 Å². The van der Waals surface area contributed by atoms with Crippen molar-refractivity contribution < 1.29 is 24.7 Å². The molecule has 0 aliphatic rings. The third kappa shape index (κ3) is 8.62. The van der Waals surface area contributed by atoms with Crippen LogP contribution in [0.1, 0.15) is 32.1 Å². The van der Waals surface area contributed by atoms with Gasteiger partial charge in [-0.05, 0) is 0 Å². The Morgan fingerprint density at radius 2 is 1.78 bits per heavy atom. The quantitative estimate of drug-likeness (QED) is 0.459. The molecule has 0 bridgehead atoms. The molecule has 9 heavy (non-hydrogen) atoms. The molecule has 0 fully saturated rings. The van der Waals surface area contributed by atoms with Crippen molar-refractivity contribution in [2.45, 2.75) is 36.2 Å². The topological polar surface area (TPSA) is 0 Å². The van der Waals surface area contributed by atoms with Crippen LogP contribution in [0.15, 0.2) is 12.7 Å². The van der Waals surface area contributed by atoms with Crippen molar-refractivity contribution in [3.05, 3.63) is 12.7 Å². The third-order valence-electron chi connectivity index (χ3n) is 1.34. The van der Waals surface area contributed by atoms with Gasteiger partial charge in [-0.3, -0.25) is 0 Å². The van der Waals surface area contributed by atoms with Gasteiger partial charge in [0.1, 0.15) is 0 Å². The van der Waals surface area contributed by atoms with Crippen molar-refractivity contribution in [2.75, 3.05) is 0 Å². The van der Waals surface area contributed by atoms with Crippen LogP contribution in [0, 0.1) is 0 Å². The first-order chi connectivity index (χ1) is 4.41. The molecule has 0 heterocycles. The maximum absolute atomic E-state index is 3.68. The van der Waals surface area contributed by atoms with Crippen molar-refractivity contribution in [1.29, 1.82) is 0 Å². The van der Waals surface area contributed by atoms with E-state index < -0.39 is 0 Å². The van der Waals surface area contributed by atoms with E-state index in [0.29, 0.717) is 0 Å². The zero-order valence-electron chi connectivity index (χ0n) is 6.03. The molecule has 0 radical (unpaired) electrons. The Kier molecular flexibility index (Phi) is 9.22. The Bertz CT molecular complexity index is 59.6. The summed E-state index contributed by atoms with van der Waals surface area (Å²) in [6, 6.07) is 0. The average molecular weight is 202 g/mol. The molecular weight excluding hydrogens is 187 g/mol. The molecule has 0 unspecified atom stereocenters. The number of rotatable bonds is 6. The number of unbranched alkanes of at least 4 members (excludes halogenated alkanes) is 4. The van der Waals surface area contributed by atoms with Gasteiger partial charge in [-0.25, -0.2) is 0 Å². The molecule has 0 N–H and O–H groups in total. The summed E-state index contributed by atoms with van der Waals surface area (Å²) in [5.41, 5.74) is 0. The van der Waals surface area contributed by atoms with E-state index in [-0.39, 0.29) is 0 Å². The van der Waals surface area contributed by atoms with Gasteiger partial charge in [0.2, 0.25) is 0 Å². The predicted molar refractivity (Wildman–Crippen MR) is 38.1 cm³/mol. The van der Waals surface area contributed by atoms with E-state index in [4.69, 9.17) is 0 Å². The zero-order chi connectivity index (χ0) is 6.95. The summed E-state index contributed by atoms with van der Waals surface area (Å²) >= 11 is 1.69. The number of allylic oxidation sites excluding steroid dienone is 1. The molecule has 0 saturated heterocycles. The Balaban J connectivity index is 2.66. The summed E-state index contributed by atoms with van der Waals surface area (Å²) in [5, 5.41) is 0. The monoisotopic (exact) mass is 201 g/mol. The first kappa shape index (κ1) is 9.62. The molecule has 0 nitrogen and oxygen atoms in total. The summed E-state index contributed by atoms with van der Waals surface area (Å²) < 4.78 is 1.43. The van der Waals surface area contributed by atoms with E-state index in [2.05, 4.69) is 6.58 Å². The van der Waals surface area contributed by atoms with Gasteiger partial charge in [0, 0.05) is 0 Å². The van der Waals surface area contributed by atoms with E-state index in [1.807, 2.05) is 6.08 Å². The van der Waals surface area contributed by atoms with E-state index in [1.54, 1.807) is 24.7 Å². The Morgan fingerprint density at radius 1 is 1.11 bits per heavy atom. The number of hydrogen-bond acceptors (Lipinski definition) is 0. The number of hydrogen-bond donors (Lipinski definition) is 0. The maximum atomic E-state index is 3.68. The standard InChI is InChI=1S/C8H15.Zr/c1-3-5-7-8-6-4-2;/h3H,1-2,4-8H2;. The van der Waals surface area contributed by atoms with Gasteiger partial charge in [-0.2, -0.15) is 0 Å². The Hall–Kier alpha value is 0.623. The van der Waals surface area contributed by atoms with Crippen LogP contribution in [0.5, 0.6) is 0 Å². The van der Waals surface area contributed by atoms with E-state index >= 15 is 0 Å². The Labute approximate surface area is 73.6 Å². The molecule has 0 rings (SSSR count). The predicted octanol–water partition coefficient (Wildman–Crippen LogP) is 3.09. The molecule has 0 saturated carbocycles. The van der Waals surface area contributed by atoms with Crippen LogP contribution in [-0.4, -0.2) is 0 Å². The molecule has 0 aliphatic carbocycles. The van der Waals surface area contributed by atoms with Crippen molar-refractivity contribution in [3.63, 3.8) is 0 Å². The second kappa shape index (κ2) is 8.62. The summed E-state index contributed by atoms with van der Waals surface area (Å²) in [5.74, 6) is 0. The van der Waals surface area contributed by atoms with Gasteiger partial charge >= 0.3 is 73.6 Å². The molecule has 1 heteroatoms. The van der Waals surface area contributed by atoms with Gasteiger partial charge in [-0.15, -0.1) is 0 Å². The summed E-state index contributed by atoms with van der Waals surface area (Å²) in [6.45, 7) is 3.68. The van der Waals surface area contributed by atoms with Gasteiger partial charge in [0.05, 0.1) is 0 Å². The van der Waals surface area contributed by atoms with E-state index in [1.165, 1.54) is 36.2 Å². The average Bonchev–Trinajstić information content (AvgIpc) is 1.89. The second-order valence-corrected chi connectivity index (χ2v) is 3.47. The van der Waals surface area contributed by atoms with E-state index in [0.717, 1.165) is 0 Å². The van der Waals surface area contributed by atoms with E-state index in [9.17, 15) is 0 Å². The zero-order valence-corrected chi connectivity index (χ0v) is 8.49. The van der Waals surface area contributed by atoms with Crippen LogP contribution in [0.3, 0.4) is 0 Å². The minimum absolute atomic E-state index is 1.21. The fourth-order valence-electron chi connectivity index (χ4n) is 0.767. The van der Waals surface area contributed by atoms with Crippen LogP contribution in [-0.2, 0) is 24.7 Å². The van der Waals surface area contributed by atoms with Crippen LogP contribution in [0.4, 0.5) is 0 Å². The minimum atomic E-state index is 1.21. The van der Waals surface area contributed by atoms with Crippen molar-refractivity contribution in [1.82, 2.24) is 0 Å². The molecule has 0 spiro atoms. The first-order valence-corrected chi connectivity index (χ1v) is 5.41. The first-order valence-electron chi connectivity index (χ1n) is 3.67. The summed E-state index contributed by atoms with van der Waals surface area (Å²) in [7, 11) is 0. The van der Waals surface area contributed by atoms with Gasteiger partial charge in [0.15, 0.2) is 0 Å². The molecular formula is C8H15Zr. The van der Waals surface area contributed by atoms with Crippen LogP contribution in [0.25, 0.3) is 0 Å². The van der Waals surface area contributed by atoms with Crippen LogP contribution >= 0.6 is 0 Å². The molecule has 51 valence electrons. The molecule has 0 aromatic carbocycles. The van der Waals surface area contributed by atoms with Crippen molar-refractivity contribution >= 4 is 0 Å². The second-order valence-electron chi connectivity index (χ2n) is 2.24. The third-order valence-corrected chi connectivity index (χ3v) is 2.20. The molecule has 0 atom stereocenters. The van der Waals surface area contributed by atoms with Crippen LogP contribution < -0.4 is 0 Å².